The zero-order valence-corrected chi connectivity index (χ0v) is 14.6. The third-order valence-corrected chi connectivity index (χ3v) is 5.56. The van der Waals surface area contributed by atoms with Crippen LogP contribution in [0, 0.1) is 22.2 Å². The molecule has 128 valence electrons. The van der Waals surface area contributed by atoms with Crippen molar-refractivity contribution < 1.29 is 9.53 Å². The number of nitrogens with zero attached hydrogens (tertiary/aromatic N) is 1. The summed E-state index contributed by atoms with van der Waals surface area (Å²) in [5.41, 5.74) is 1.73. The summed E-state index contributed by atoms with van der Waals surface area (Å²) in [6, 6.07) is 10.6. The molecule has 0 aromatic heterocycles. The molecular formula is C20H26N2O2. The molecular weight excluding hydrogens is 300 g/mol. The number of carbonyl (C=O) groups excluding carboxylic acids is 1. The maximum absolute atomic E-state index is 13.0. The molecule has 1 atom stereocenters. The minimum atomic E-state index is -0.941. The van der Waals surface area contributed by atoms with Gasteiger partial charge in [0.15, 0.2) is 0 Å². The Balaban J connectivity index is 1.87. The van der Waals surface area contributed by atoms with Gasteiger partial charge in [0.1, 0.15) is 5.41 Å². The Hall–Kier alpha value is -1.86. The highest BCUT2D eigenvalue weighted by Gasteiger charge is 2.42. The van der Waals surface area contributed by atoms with Crippen LogP contribution in [0.2, 0.25) is 0 Å². The third-order valence-electron chi connectivity index (χ3n) is 5.56. The van der Waals surface area contributed by atoms with Gasteiger partial charge in [-0.2, -0.15) is 5.26 Å². The van der Waals surface area contributed by atoms with Crippen molar-refractivity contribution in [2.75, 3.05) is 13.2 Å². The molecule has 0 saturated carbocycles. The predicted molar refractivity (Wildman–Crippen MR) is 92.1 cm³/mol. The Kier molecular flexibility index (Phi) is 4.64. The number of nitriles is 1. The number of fused-ring (bicyclic) bond motifs is 1. The van der Waals surface area contributed by atoms with Gasteiger partial charge in [-0.1, -0.05) is 38.1 Å². The van der Waals surface area contributed by atoms with Crippen LogP contribution in [0.3, 0.4) is 0 Å². The van der Waals surface area contributed by atoms with Gasteiger partial charge in [-0.3, -0.25) is 4.79 Å². The molecule has 1 heterocycles. The topological polar surface area (TPSA) is 62.1 Å². The lowest BCUT2D eigenvalue weighted by atomic mass is 9.79. The number of nitrogens with one attached hydrogen (secondary N) is 1. The van der Waals surface area contributed by atoms with E-state index in [1.165, 1.54) is 11.1 Å². The van der Waals surface area contributed by atoms with Crippen molar-refractivity contribution in [3.8, 4) is 6.07 Å². The van der Waals surface area contributed by atoms with Crippen molar-refractivity contribution in [3.63, 3.8) is 0 Å². The Bertz CT molecular complexity index is 654. The second-order valence-corrected chi connectivity index (χ2v) is 7.90. The van der Waals surface area contributed by atoms with Gasteiger partial charge in [0, 0.05) is 13.2 Å². The molecule has 0 spiro atoms. The molecule has 2 aliphatic rings. The molecule has 4 heteroatoms. The van der Waals surface area contributed by atoms with Gasteiger partial charge >= 0.3 is 0 Å². The first-order chi connectivity index (χ1) is 11.5. The van der Waals surface area contributed by atoms with Crippen LogP contribution in [0.1, 0.15) is 56.7 Å². The van der Waals surface area contributed by atoms with Crippen molar-refractivity contribution in [3.05, 3.63) is 35.4 Å². The van der Waals surface area contributed by atoms with Crippen molar-refractivity contribution in [1.29, 1.82) is 5.26 Å². The molecule has 1 aromatic carbocycles. The van der Waals surface area contributed by atoms with Crippen LogP contribution < -0.4 is 5.32 Å². The van der Waals surface area contributed by atoms with E-state index in [1.807, 2.05) is 6.07 Å². The first kappa shape index (κ1) is 17.0. The average Bonchev–Trinajstić information content (AvgIpc) is 2.72. The Morgan fingerprint density at radius 2 is 1.96 bits per heavy atom. The van der Waals surface area contributed by atoms with E-state index in [0.717, 1.165) is 19.3 Å². The number of hydrogen-bond acceptors (Lipinski definition) is 3. The number of hydrogen-bond donors (Lipinski definition) is 1. The fourth-order valence-electron chi connectivity index (χ4n) is 3.87. The molecule has 0 unspecified atom stereocenters. The highest BCUT2D eigenvalue weighted by molar-refractivity contribution is 5.86. The van der Waals surface area contributed by atoms with E-state index < -0.39 is 5.41 Å². The van der Waals surface area contributed by atoms with Gasteiger partial charge in [0.2, 0.25) is 5.91 Å². The molecule has 24 heavy (non-hydrogen) atoms. The SMILES string of the molecule is CC1(C)CCc2ccccc2[C@H](NC(=O)C2(C#N)CCOCC2)C1. The molecule has 1 fully saturated rings. The lowest BCUT2D eigenvalue weighted by Crippen LogP contribution is -2.45. The molecule has 1 aliphatic heterocycles. The minimum absolute atomic E-state index is 0.0285. The van der Waals surface area contributed by atoms with Crippen LogP contribution in [-0.2, 0) is 16.0 Å². The summed E-state index contributed by atoms with van der Waals surface area (Å²) >= 11 is 0. The highest BCUT2D eigenvalue weighted by Crippen LogP contribution is 2.40. The van der Waals surface area contributed by atoms with Crippen molar-refractivity contribution >= 4 is 5.91 Å². The van der Waals surface area contributed by atoms with Crippen LogP contribution in [-0.4, -0.2) is 19.1 Å². The van der Waals surface area contributed by atoms with E-state index in [1.54, 1.807) is 0 Å². The second kappa shape index (κ2) is 6.57. The number of carbonyl (C=O) groups is 1. The summed E-state index contributed by atoms with van der Waals surface area (Å²) in [6.45, 7) is 5.47. The number of rotatable bonds is 2. The maximum Gasteiger partial charge on any atom is 0.241 e. The van der Waals surface area contributed by atoms with Gasteiger partial charge in [0.05, 0.1) is 12.1 Å². The summed E-state index contributed by atoms with van der Waals surface area (Å²) in [5.74, 6) is -0.134. The fraction of sp³-hybridized carbons (Fsp3) is 0.600. The molecule has 1 amide bonds. The first-order valence-corrected chi connectivity index (χ1v) is 8.84. The average molecular weight is 326 g/mol. The summed E-state index contributed by atoms with van der Waals surface area (Å²) in [6.07, 6.45) is 3.99. The fourth-order valence-corrected chi connectivity index (χ4v) is 3.87. The largest absolute Gasteiger partial charge is 0.381 e. The van der Waals surface area contributed by atoms with E-state index in [9.17, 15) is 10.1 Å². The summed E-state index contributed by atoms with van der Waals surface area (Å²) in [4.78, 5) is 13.0. The predicted octanol–water partition coefficient (Wildman–Crippen LogP) is 3.53. The quantitative estimate of drug-likeness (QED) is 0.846. The Morgan fingerprint density at radius 3 is 2.67 bits per heavy atom. The van der Waals surface area contributed by atoms with Gasteiger partial charge < -0.3 is 10.1 Å². The van der Waals surface area contributed by atoms with Gasteiger partial charge in [-0.05, 0) is 48.6 Å². The molecule has 1 aliphatic carbocycles. The second-order valence-electron chi connectivity index (χ2n) is 7.90. The number of aryl methyl sites for hydroxylation is 1. The first-order valence-electron chi connectivity index (χ1n) is 8.84. The summed E-state index contributed by atoms with van der Waals surface area (Å²) in [5, 5.41) is 12.8. The summed E-state index contributed by atoms with van der Waals surface area (Å²) in [7, 11) is 0. The van der Waals surface area contributed by atoms with Gasteiger partial charge in [-0.15, -0.1) is 0 Å². The van der Waals surface area contributed by atoms with E-state index in [2.05, 4.69) is 43.4 Å². The lowest BCUT2D eigenvalue weighted by Gasteiger charge is -2.33. The van der Waals surface area contributed by atoms with Crippen LogP contribution in [0.4, 0.5) is 0 Å². The van der Waals surface area contributed by atoms with Crippen molar-refractivity contribution in [2.24, 2.45) is 10.8 Å². The molecule has 3 rings (SSSR count). The van der Waals surface area contributed by atoms with Crippen LogP contribution in [0.15, 0.2) is 24.3 Å². The Labute approximate surface area is 144 Å². The molecule has 0 bridgehead atoms. The zero-order chi connectivity index (χ0) is 17.2. The number of ether oxygens (including phenoxy) is 1. The molecule has 1 aromatic rings. The zero-order valence-electron chi connectivity index (χ0n) is 14.6. The lowest BCUT2D eigenvalue weighted by molar-refractivity contribution is -0.133. The van der Waals surface area contributed by atoms with Crippen LogP contribution in [0.5, 0.6) is 0 Å². The number of amides is 1. The van der Waals surface area contributed by atoms with E-state index >= 15 is 0 Å². The molecule has 4 nitrogen and oxygen atoms in total. The van der Waals surface area contributed by atoms with E-state index in [4.69, 9.17) is 4.74 Å². The summed E-state index contributed by atoms with van der Waals surface area (Å²) < 4.78 is 5.34. The van der Waals surface area contributed by atoms with Gasteiger partial charge in [-0.25, -0.2) is 0 Å². The minimum Gasteiger partial charge on any atom is -0.381 e. The van der Waals surface area contributed by atoms with E-state index in [-0.39, 0.29) is 17.4 Å². The maximum atomic E-state index is 13.0. The molecule has 1 saturated heterocycles. The van der Waals surface area contributed by atoms with Crippen LogP contribution in [0.25, 0.3) is 0 Å². The standard InChI is InChI=1S/C20H26N2O2/c1-19(2)8-7-15-5-3-4-6-16(15)17(13-19)22-18(23)20(14-21)9-11-24-12-10-20/h3-6,17H,7-13H2,1-2H3,(H,22,23)/t17-/m1/s1. The van der Waals surface area contributed by atoms with Crippen molar-refractivity contribution in [1.82, 2.24) is 5.32 Å². The van der Waals surface area contributed by atoms with Crippen LogP contribution >= 0.6 is 0 Å². The highest BCUT2D eigenvalue weighted by atomic mass is 16.5. The monoisotopic (exact) mass is 326 g/mol. The smallest absolute Gasteiger partial charge is 0.241 e. The molecule has 1 N–H and O–H groups in total. The number of benzene rings is 1. The van der Waals surface area contributed by atoms with Gasteiger partial charge in [0.25, 0.3) is 0 Å². The molecule has 0 radical (unpaired) electrons. The Morgan fingerprint density at radius 1 is 1.25 bits per heavy atom. The third kappa shape index (κ3) is 3.32. The normalized spacial score (nSPS) is 25.0. The van der Waals surface area contributed by atoms with E-state index in [0.29, 0.717) is 26.1 Å². The van der Waals surface area contributed by atoms with Crippen molar-refractivity contribution in [2.45, 2.75) is 52.0 Å².